The van der Waals surface area contributed by atoms with Crippen molar-refractivity contribution in [2.75, 3.05) is 0 Å². The molecule has 0 radical (unpaired) electrons. The molecule has 2 heteroatoms. The topological polar surface area (TPSA) is 0 Å². The lowest BCUT2D eigenvalue weighted by Crippen LogP contribution is -2.57. The van der Waals surface area contributed by atoms with Crippen molar-refractivity contribution in [1.29, 1.82) is 0 Å². The third kappa shape index (κ3) is 3.05. The summed E-state index contributed by atoms with van der Waals surface area (Å²) in [6.07, 6.45) is 3.80. The molecule has 0 nitrogen and oxygen atoms in total. The summed E-state index contributed by atoms with van der Waals surface area (Å²) >= 11 is 2.07. The maximum atomic E-state index is 2.54. The minimum absolute atomic E-state index is 0.783. The van der Waals surface area contributed by atoms with E-state index in [1.165, 1.54) is 24.0 Å². The summed E-state index contributed by atoms with van der Waals surface area (Å²) in [7, 11) is -1.61. The standard InChI is InChI=1S/C21H34SSi/c1-8-12-20-21(18-13-10-11-14-19(18)22-20)23(15(3)4,16(5)6)17(7)9-2/h10-11,13-17H,8-9,12H2,1-7H3. The van der Waals surface area contributed by atoms with E-state index in [-0.39, 0.29) is 0 Å². The van der Waals surface area contributed by atoms with E-state index in [4.69, 9.17) is 0 Å². The Bertz CT molecular complexity index is 630. The van der Waals surface area contributed by atoms with Gasteiger partial charge in [-0.2, -0.15) is 0 Å². The largest absolute Gasteiger partial charge is 0.140 e. The zero-order valence-electron chi connectivity index (χ0n) is 16.1. The van der Waals surface area contributed by atoms with E-state index in [2.05, 4.69) is 84.1 Å². The molecule has 0 amide bonds. The van der Waals surface area contributed by atoms with Crippen molar-refractivity contribution in [3.63, 3.8) is 0 Å². The molecule has 23 heavy (non-hydrogen) atoms. The highest BCUT2D eigenvalue weighted by Gasteiger charge is 2.47. The van der Waals surface area contributed by atoms with E-state index >= 15 is 0 Å². The molecule has 0 saturated carbocycles. The molecule has 0 fully saturated rings. The quantitative estimate of drug-likeness (QED) is 0.468. The third-order valence-electron chi connectivity index (χ3n) is 5.92. The first-order valence-corrected chi connectivity index (χ1v) is 12.5. The van der Waals surface area contributed by atoms with E-state index in [0.29, 0.717) is 0 Å². The van der Waals surface area contributed by atoms with Crippen molar-refractivity contribution in [2.24, 2.45) is 0 Å². The molecule has 0 aliphatic heterocycles. The van der Waals surface area contributed by atoms with Gasteiger partial charge in [0, 0.05) is 9.58 Å². The second kappa shape index (κ2) is 7.52. The number of fused-ring (bicyclic) bond motifs is 1. The Kier molecular flexibility index (Phi) is 6.13. The van der Waals surface area contributed by atoms with Crippen molar-refractivity contribution in [3.8, 4) is 0 Å². The van der Waals surface area contributed by atoms with Crippen LogP contribution in [0.1, 0.15) is 66.2 Å². The molecule has 2 rings (SSSR count). The van der Waals surface area contributed by atoms with Gasteiger partial charge >= 0.3 is 0 Å². The van der Waals surface area contributed by atoms with Gasteiger partial charge in [-0.25, -0.2) is 0 Å². The zero-order chi connectivity index (χ0) is 17.2. The fourth-order valence-electron chi connectivity index (χ4n) is 4.94. The Morgan fingerprint density at radius 2 is 1.57 bits per heavy atom. The Morgan fingerprint density at radius 1 is 0.957 bits per heavy atom. The van der Waals surface area contributed by atoms with Gasteiger partial charge in [-0.1, -0.05) is 79.5 Å². The average Bonchev–Trinajstić information content (AvgIpc) is 2.86. The molecule has 0 saturated heterocycles. The predicted octanol–water partition coefficient (Wildman–Crippen LogP) is 7.13. The second-order valence-electron chi connectivity index (χ2n) is 7.70. The SMILES string of the molecule is CCCc1sc2ccccc2c1[Si](C(C)C)(C(C)C)C(C)CC. The molecule has 1 heterocycles. The van der Waals surface area contributed by atoms with Gasteiger partial charge in [0.25, 0.3) is 0 Å². The first kappa shape index (κ1) is 18.7. The Morgan fingerprint density at radius 3 is 2.09 bits per heavy atom. The first-order chi connectivity index (χ1) is 10.9. The molecule has 1 unspecified atom stereocenters. The van der Waals surface area contributed by atoms with E-state index in [0.717, 1.165) is 16.6 Å². The fourth-order valence-corrected chi connectivity index (χ4v) is 14.1. The van der Waals surface area contributed by atoms with Crippen LogP contribution in [0.4, 0.5) is 0 Å². The molecule has 1 atom stereocenters. The highest BCUT2D eigenvalue weighted by molar-refractivity contribution is 7.22. The van der Waals surface area contributed by atoms with Crippen molar-refractivity contribution in [3.05, 3.63) is 29.1 Å². The summed E-state index contributed by atoms with van der Waals surface area (Å²) in [5, 5.41) is 3.40. The zero-order valence-corrected chi connectivity index (χ0v) is 17.9. The molecular weight excluding hydrogens is 312 g/mol. The second-order valence-corrected chi connectivity index (χ2v) is 14.5. The van der Waals surface area contributed by atoms with Crippen LogP contribution >= 0.6 is 11.3 Å². The minimum Gasteiger partial charge on any atom is -0.140 e. The van der Waals surface area contributed by atoms with E-state index < -0.39 is 8.07 Å². The fraction of sp³-hybridized carbons (Fsp3) is 0.619. The van der Waals surface area contributed by atoms with Crippen molar-refractivity contribution in [2.45, 2.75) is 84.4 Å². The van der Waals surface area contributed by atoms with Crippen LogP contribution < -0.4 is 5.19 Å². The maximum absolute atomic E-state index is 2.54. The number of hydrogen-bond donors (Lipinski definition) is 0. The first-order valence-electron chi connectivity index (χ1n) is 9.41. The molecule has 0 N–H and O–H groups in total. The maximum Gasteiger partial charge on any atom is 0.0967 e. The Labute approximate surface area is 148 Å². The predicted molar refractivity (Wildman–Crippen MR) is 111 cm³/mol. The van der Waals surface area contributed by atoms with Crippen molar-refractivity contribution in [1.82, 2.24) is 0 Å². The van der Waals surface area contributed by atoms with Crippen LogP contribution in [0.5, 0.6) is 0 Å². The number of rotatable bonds is 7. The molecule has 128 valence electrons. The van der Waals surface area contributed by atoms with E-state index in [9.17, 15) is 0 Å². The smallest absolute Gasteiger partial charge is 0.0967 e. The van der Waals surface area contributed by atoms with E-state index in [1.54, 1.807) is 10.3 Å². The summed E-state index contributed by atoms with van der Waals surface area (Å²) in [6.45, 7) is 17.3. The van der Waals surface area contributed by atoms with Gasteiger partial charge in [-0.15, -0.1) is 11.3 Å². The number of thiophene rings is 1. The van der Waals surface area contributed by atoms with Gasteiger partial charge < -0.3 is 0 Å². The summed E-state index contributed by atoms with van der Waals surface area (Å²) in [5.41, 5.74) is 2.40. The Hall–Kier alpha value is -0.603. The van der Waals surface area contributed by atoms with Crippen LogP contribution in [0.2, 0.25) is 16.6 Å². The van der Waals surface area contributed by atoms with Gasteiger partial charge in [0.1, 0.15) is 0 Å². The average molecular weight is 347 g/mol. The molecular formula is C21H34SSi. The van der Waals surface area contributed by atoms with Gasteiger partial charge in [0.2, 0.25) is 0 Å². The number of hydrogen-bond acceptors (Lipinski definition) is 1. The highest BCUT2D eigenvalue weighted by atomic mass is 32.1. The van der Waals surface area contributed by atoms with Gasteiger partial charge in [0.05, 0.1) is 8.07 Å². The summed E-state index contributed by atoms with van der Waals surface area (Å²) in [5.74, 6) is 0. The van der Waals surface area contributed by atoms with Crippen molar-refractivity contribution < 1.29 is 0 Å². The summed E-state index contributed by atoms with van der Waals surface area (Å²) < 4.78 is 1.51. The van der Waals surface area contributed by atoms with Crippen molar-refractivity contribution >= 4 is 34.7 Å². The third-order valence-corrected chi connectivity index (χ3v) is 14.6. The molecule has 0 bridgehead atoms. The molecule has 0 aliphatic carbocycles. The molecule has 0 aliphatic rings. The van der Waals surface area contributed by atoms with Gasteiger partial charge in [-0.3, -0.25) is 0 Å². The lowest BCUT2D eigenvalue weighted by atomic mass is 10.2. The monoisotopic (exact) mass is 346 g/mol. The molecule has 1 aromatic heterocycles. The van der Waals surface area contributed by atoms with Gasteiger partial charge in [0.15, 0.2) is 0 Å². The lowest BCUT2D eigenvalue weighted by Gasteiger charge is -2.45. The molecule has 1 aromatic carbocycles. The summed E-state index contributed by atoms with van der Waals surface area (Å²) in [4.78, 5) is 1.70. The highest BCUT2D eigenvalue weighted by Crippen LogP contribution is 2.46. The normalized spacial score (nSPS) is 14.1. The van der Waals surface area contributed by atoms with E-state index in [1.807, 2.05) is 5.19 Å². The Balaban J connectivity index is 2.86. The van der Waals surface area contributed by atoms with Gasteiger partial charge in [-0.05, 0) is 39.7 Å². The molecule has 2 aromatic rings. The van der Waals surface area contributed by atoms with Crippen LogP contribution in [-0.4, -0.2) is 8.07 Å². The van der Waals surface area contributed by atoms with Crippen LogP contribution in [0.25, 0.3) is 10.1 Å². The van der Waals surface area contributed by atoms with Crippen LogP contribution in [-0.2, 0) is 6.42 Å². The summed E-state index contributed by atoms with van der Waals surface area (Å²) in [6, 6.07) is 9.18. The van der Waals surface area contributed by atoms with Crippen LogP contribution in [0.15, 0.2) is 24.3 Å². The van der Waals surface area contributed by atoms with Crippen LogP contribution in [0, 0.1) is 0 Å². The lowest BCUT2D eigenvalue weighted by molar-refractivity contribution is 0.766. The van der Waals surface area contributed by atoms with Crippen LogP contribution in [0.3, 0.4) is 0 Å². The number of benzene rings is 1. The number of aryl methyl sites for hydroxylation is 1. The minimum atomic E-state index is -1.61. The molecule has 0 spiro atoms.